The highest BCUT2D eigenvalue weighted by Gasteiger charge is 2.32. The van der Waals surface area contributed by atoms with E-state index in [1.165, 1.54) is 46.7 Å². The van der Waals surface area contributed by atoms with Gasteiger partial charge in [-0.2, -0.15) is 0 Å². The van der Waals surface area contributed by atoms with Crippen molar-refractivity contribution >= 4 is 133 Å². The van der Waals surface area contributed by atoms with Crippen LogP contribution in [-0.2, 0) is 137 Å². The summed E-state index contributed by atoms with van der Waals surface area (Å²) in [5, 5.41) is 34.2. The van der Waals surface area contributed by atoms with Crippen molar-refractivity contribution in [2.75, 3.05) is 132 Å². The molecule has 49 heteroatoms. The summed E-state index contributed by atoms with van der Waals surface area (Å²) < 4.78 is 138. The lowest BCUT2D eigenvalue weighted by Crippen LogP contribution is -2.46. The molecule has 38 nitrogen and oxygen atoms in total. The summed E-state index contributed by atoms with van der Waals surface area (Å²) in [5.41, 5.74) is 8.07. The zero-order valence-electron chi connectivity index (χ0n) is 75.1. The van der Waals surface area contributed by atoms with Gasteiger partial charge in [0.2, 0.25) is 20.7 Å². The summed E-state index contributed by atoms with van der Waals surface area (Å²) in [6, 6.07) is 24.7. The number of unbranched alkanes of at least 4 members (excludes halogenated alkanes) is 4. The predicted octanol–water partition coefficient (Wildman–Crippen LogP) is 13.8. The molecule has 3 rings (SSSR count). The van der Waals surface area contributed by atoms with Gasteiger partial charge < -0.3 is 82.2 Å². The molecule has 724 valence electrons. The van der Waals surface area contributed by atoms with Gasteiger partial charge in [0, 0.05) is 73.0 Å². The number of carbonyl (C=O) groups excluding carboxylic acids is 7. The number of nitrogens with two attached hydrogens (primary N) is 1. The Labute approximate surface area is 748 Å². The predicted molar refractivity (Wildman–Crippen MR) is 488 cm³/mol. The minimum absolute atomic E-state index is 0.156. The van der Waals surface area contributed by atoms with Crippen molar-refractivity contribution in [1.82, 2.24) is 30.5 Å². The maximum Gasteiger partial charge on any atom is 0.325 e. The van der Waals surface area contributed by atoms with Crippen LogP contribution < -0.4 is 36.3 Å². The van der Waals surface area contributed by atoms with Crippen LogP contribution in [0, 0.1) is 17.8 Å². The van der Waals surface area contributed by atoms with E-state index in [2.05, 4.69) is 30.5 Å². The van der Waals surface area contributed by atoms with Crippen molar-refractivity contribution in [3.63, 3.8) is 0 Å². The zero-order valence-corrected chi connectivity index (χ0v) is 84.6. The second-order valence-electron chi connectivity index (χ2n) is 27.5. The number of rotatable bonds is 48. The minimum Gasteiger partial charge on any atom is -0.466 e. The van der Waals surface area contributed by atoms with Crippen molar-refractivity contribution in [2.45, 2.75) is 178 Å². The molecule has 0 amide bonds. The minimum atomic E-state index is -3.64. The molecule has 3 aromatic carbocycles. The molecule has 0 aliphatic rings. The summed E-state index contributed by atoms with van der Waals surface area (Å²) >= 11 is 15.1. The molecule has 0 aromatic heterocycles. The fraction of sp³-hybridized carbons (Fsp3) is 0.667. The van der Waals surface area contributed by atoms with E-state index in [4.69, 9.17) is 106 Å². The van der Waals surface area contributed by atoms with E-state index in [-0.39, 0.29) is 75.9 Å². The van der Waals surface area contributed by atoms with Gasteiger partial charge in [-0.3, -0.25) is 75.2 Å². The highest BCUT2D eigenvalue weighted by Crippen LogP contribution is 2.52. The first-order valence-electron chi connectivity index (χ1n) is 39.6. The number of nitrogens with one attached hydrogen (secondary N) is 6. The SMILES string of the molecule is CCCCOC(=O)C(C)N.CCCCOC(=O)C(C)NP(C)(=O)NCC(C)C(=O)OCC.CCCCOC(=O)C(CO)NP(C)(=O)NC(CO)C(=O)OCCCC.CCOC(=O)C(C)CNP(C)(=O)O.CCOC(=O)C(C)CNP(C)(=O)OCc1ccccc1.CP(=O)(Cl)Cl.CP(=O)(Cl)OCc1ccccc1.CP(=O)(O)O.CP(=O)(O)OCc1ccccc1. The summed E-state index contributed by atoms with van der Waals surface area (Å²) in [4.78, 5) is 113. The molecule has 0 radical (unpaired) electrons. The molecule has 0 saturated carbocycles. The molecule has 0 bridgehead atoms. The molecular weight excluding hydrogens is 1850 g/mol. The Bertz CT molecular complexity index is 3630. The van der Waals surface area contributed by atoms with Crippen LogP contribution in [0.1, 0.15) is 151 Å². The Morgan fingerprint density at radius 1 is 0.387 bits per heavy atom. The fourth-order valence-corrected chi connectivity index (χ4v) is 13.4. The van der Waals surface area contributed by atoms with Crippen LogP contribution in [0.25, 0.3) is 0 Å². The molecule has 0 spiro atoms. The van der Waals surface area contributed by atoms with E-state index < -0.39 is 125 Å². The number of ether oxygens (including phenoxy) is 7. The molecule has 14 N–H and O–H groups in total. The highest BCUT2D eigenvalue weighted by atomic mass is 35.9. The average molecular weight is 1990 g/mol. The maximum atomic E-state index is 12.6. The van der Waals surface area contributed by atoms with Crippen LogP contribution in [0.5, 0.6) is 0 Å². The van der Waals surface area contributed by atoms with Gasteiger partial charge in [-0.15, -0.1) is 0 Å². The molecule has 0 aliphatic carbocycles. The van der Waals surface area contributed by atoms with Gasteiger partial charge in [0.25, 0.3) is 21.8 Å². The van der Waals surface area contributed by atoms with Crippen molar-refractivity contribution in [3.05, 3.63) is 108 Å². The van der Waals surface area contributed by atoms with Crippen molar-refractivity contribution < 1.29 is 147 Å². The lowest BCUT2D eigenvalue weighted by molar-refractivity contribution is -0.148. The Balaban J connectivity index is -0.000000327. The maximum absolute atomic E-state index is 12.6. The molecule has 124 heavy (non-hydrogen) atoms. The van der Waals surface area contributed by atoms with E-state index >= 15 is 0 Å². The fourth-order valence-electron chi connectivity index (χ4n) is 7.54. The molecule has 0 heterocycles. The average Bonchev–Trinajstić information content (AvgIpc) is 0.857. The largest absolute Gasteiger partial charge is 0.466 e. The number of carbonyl (C=O) groups is 7. The number of aliphatic hydroxyl groups excluding tert-OH is 2. The standard InChI is InChI=1S/C15H31N2O7P.C14H29N2O5P.C14H22NO4P.C8H10ClO2P.C8H11O3P.C7H16NO4P.C7H15NO2.CH3Cl2OP.CH5O3P/c1-4-6-8-23-14(20)12(10-18)16-25(3,22)17-13(11-19)15(21)24-9-7-5-2;1-6-8-9-21-14(18)12(4)16-22(5,19)15-10-11(3)13(17)20-7-2;1-4-18-14(16)12(2)10-15-20(3,17)19-11-13-8-6-5-7-9-13;2*1-12(9,10)11-7-8-5-3-2-4-6-8;1-4-12-7(9)6(2)5-8-13(3,10)11;1-3-4-5-10-7(9)6(2)8;2*1-5(2,3)4/h12-13,18-19H,4-11H2,1-3H3,(H2,16,17,22);11-12H,6-10H2,1-5H3,(H2,15,16,19);5-9,12H,4,10-11H2,1-3H3,(H,15,17);2-6H,7H2,1H3;2-6H,7H2,1H3,(H,9,10);6H,4-5H2,1-3H3,(H2,8,10,11);6H,3-5,8H2,1-2H3;1H3;1H3,(H2,2,3,4). The highest BCUT2D eigenvalue weighted by molar-refractivity contribution is 8.08. The lowest BCUT2D eigenvalue weighted by Gasteiger charge is -2.25. The van der Waals surface area contributed by atoms with E-state index in [9.17, 15) is 80.3 Å². The summed E-state index contributed by atoms with van der Waals surface area (Å²) in [5.74, 6) is -7.08. The Hall–Kier alpha value is -3.98. The summed E-state index contributed by atoms with van der Waals surface area (Å²) in [6.45, 7) is 31.1. The van der Waals surface area contributed by atoms with Crippen LogP contribution in [0.3, 0.4) is 0 Å². The third-order valence-corrected chi connectivity index (χ3v) is 20.9. The summed E-state index contributed by atoms with van der Waals surface area (Å²) in [7, 11) is -19.5. The number of hydrogen-bond donors (Lipinski definition) is 13. The molecular formula is C75H142Cl3N7O31P8. The molecule has 0 aliphatic heterocycles. The van der Waals surface area contributed by atoms with Gasteiger partial charge in [0.1, 0.15) is 24.2 Å². The topological polar surface area (TPSA) is 568 Å². The lowest BCUT2D eigenvalue weighted by atomic mass is 10.2. The number of aliphatic hydroxyl groups is 2. The van der Waals surface area contributed by atoms with Crippen molar-refractivity contribution in [1.29, 1.82) is 0 Å². The zero-order chi connectivity index (χ0) is 97.0. The van der Waals surface area contributed by atoms with Gasteiger partial charge in [0.05, 0.1) is 97.0 Å². The first-order valence-corrected chi connectivity index (χ1v) is 59.1. The van der Waals surface area contributed by atoms with Gasteiger partial charge >= 0.3 is 57.0 Å². The van der Waals surface area contributed by atoms with E-state index in [0.29, 0.717) is 52.5 Å². The Morgan fingerprint density at radius 3 is 0.944 bits per heavy atom. The second kappa shape index (κ2) is 74.7. The van der Waals surface area contributed by atoms with Crippen molar-refractivity contribution in [3.8, 4) is 0 Å². The Kier molecular flexibility index (Phi) is 78.7. The number of benzene rings is 3. The number of esters is 7. The quantitative estimate of drug-likeness (QED) is 0.0108. The van der Waals surface area contributed by atoms with E-state index in [0.717, 1.165) is 61.9 Å². The van der Waals surface area contributed by atoms with Gasteiger partial charge in [-0.05, 0) is 111 Å². The van der Waals surface area contributed by atoms with Gasteiger partial charge in [-0.25, -0.2) is 25.4 Å². The molecule has 12 atom stereocenters. The smallest absolute Gasteiger partial charge is 0.325 e. The van der Waals surface area contributed by atoms with Crippen LogP contribution >= 0.6 is 91.4 Å². The van der Waals surface area contributed by atoms with Gasteiger partial charge in [-0.1, -0.05) is 165 Å². The number of hydrogen-bond acceptors (Lipinski definition) is 28. The molecule has 12 unspecified atom stereocenters. The molecule has 0 fully saturated rings. The first kappa shape index (κ1) is 131. The summed E-state index contributed by atoms with van der Waals surface area (Å²) in [6.07, 6.45) is 6.74. The second-order valence-corrected chi connectivity index (χ2v) is 49.5. The normalized spacial score (nSPS) is 15.4. The number of halogens is 3. The Morgan fingerprint density at radius 2 is 0.669 bits per heavy atom. The first-order chi connectivity index (χ1) is 57.2. The van der Waals surface area contributed by atoms with E-state index in [1.807, 2.05) is 119 Å². The molecule has 3 aromatic rings. The van der Waals surface area contributed by atoms with Crippen LogP contribution in [0.2, 0.25) is 0 Å². The van der Waals surface area contributed by atoms with E-state index in [1.54, 1.807) is 55.4 Å². The third-order valence-electron chi connectivity index (χ3n) is 14.0. The van der Waals surface area contributed by atoms with Crippen LogP contribution in [0.15, 0.2) is 91.0 Å². The van der Waals surface area contributed by atoms with Crippen LogP contribution in [0.4, 0.5) is 0 Å². The van der Waals surface area contributed by atoms with Gasteiger partial charge in [0.15, 0.2) is 0 Å². The monoisotopic (exact) mass is 1990 g/mol. The third kappa shape index (κ3) is 92.7. The van der Waals surface area contributed by atoms with Crippen molar-refractivity contribution in [2.24, 2.45) is 23.5 Å². The molecule has 0 saturated heterocycles. The van der Waals surface area contributed by atoms with Crippen LogP contribution in [-0.4, -0.2) is 228 Å².